The van der Waals surface area contributed by atoms with E-state index in [1.165, 1.54) is 36.4 Å². The highest BCUT2D eigenvalue weighted by molar-refractivity contribution is 7.92. The van der Waals surface area contributed by atoms with Gasteiger partial charge in [-0.15, -0.1) is 0 Å². The van der Waals surface area contributed by atoms with Gasteiger partial charge < -0.3 is 29.2 Å². The highest BCUT2D eigenvalue weighted by Gasteiger charge is 2.38. The van der Waals surface area contributed by atoms with Gasteiger partial charge in [0.25, 0.3) is 11.8 Å². The van der Waals surface area contributed by atoms with Gasteiger partial charge in [-0.3, -0.25) is 23.6 Å². The number of carbonyl (C=O) groups is 3. The van der Waals surface area contributed by atoms with Gasteiger partial charge in [-0.1, -0.05) is 29.3 Å². The monoisotopic (exact) mass is 827 g/mol. The molecule has 1 fully saturated rings. The number of nitrogens with zero attached hydrogens (tertiary/aromatic N) is 5. The molecule has 0 bridgehead atoms. The van der Waals surface area contributed by atoms with Crippen molar-refractivity contribution in [2.75, 3.05) is 71.0 Å². The Hall–Kier alpha value is -4.29. The fourth-order valence-electron chi connectivity index (χ4n) is 5.79. The Morgan fingerprint density at radius 1 is 0.964 bits per heavy atom. The molecule has 3 aromatic rings. The molecule has 19 heteroatoms. The van der Waals surface area contributed by atoms with Crippen molar-refractivity contribution in [1.82, 2.24) is 14.7 Å². The number of hydrogen-bond donors (Lipinski definition) is 0. The molecule has 0 radical (unpaired) electrons. The van der Waals surface area contributed by atoms with Crippen molar-refractivity contribution in [2.24, 2.45) is 5.92 Å². The average Bonchev–Trinajstić information content (AvgIpc) is 3.90. The number of rotatable bonds is 19. The Morgan fingerprint density at radius 3 is 2.24 bits per heavy atom. The van der Waals surface area contributed by atoms with E-state index in [1.807, 2.05) is 30.9 Å². The number of benzene rings is 2. The third kappa shape index (κ3) is 10.9. The number of fused-ring (bicyclic) bond motifs is 1. The van der Waals surface area contributed by atoms with Crippen molar-refractivity contribution in [3.63, 3.8) is 0 Å². The first-order chi connectivity index (χ1) is 25.9. The lowest BCUT2D eigenvalue weighted by atomic mass is 10.0. The molecule has 5 rings (SSSR count). The topological polar surface area (TPSA) is 153 Å². The first-order valence-electron chi connectivity index (χ1n) is 17.2. The highest BCUT2D eigenvalue weighted by Crippen LogP contribution is 2.38. The lowest BCUT2D eigenvalue weighted by Crippen LogP contribution is -2.39. The van der Waals surface area contributed by atoms with E-state index >= 15 is 0 Å². The van der Waals surface area contributed by atoms with Gasteiger partial charge in [-0.25, -0.2) is 8.42 Å². The number of ether oxygens (including phenoxy) is 3. The molecule has 1 aromatic heterocycles. The van der Waals surface area contributed by atoms with Crippen LogP contribution >= 0.6 is 23.2 Å². The molecule has 298 valence electrons. The number of alkyl halides is 2. The molecule has 1 aliphatic heterocycles. The predicted molar refractivity (Wildman–Crippen MR) is 199 cm³/mol. The van der Waals surface area contributed by atoms with Crippen LogP contribution in [0.1, 0.15) is 50.8 Å². The Bertz CT molecular complexity index is 2020. The second-order valence-electron chi connectivity index (χ2n) is 13.7. The van der Waals surface area contributed by atoms with E-state index in [0.717, 1.165) is 42.3 Å². The molecule has 2 aromatic carbocycles. The average molecular weight is 829 g/mol. The Balaban J connectivity index is 1.38. The normalized spacial score (nSPS) is 14.9. The fraction of sp³-hybridized carbons (Fsp3) is 0.444. The van der Waals surface area contributed by atoms with Gasteiger partial charge in [-0.05, 0) is 75.8 Å². The van der Waals surface area contributed by atoms with E-state index in [0.29, 0.717) is 22.7 Å². The summed E-state index contributed by atoms with van der Waals surface area (Å²) < 4.78 is 69.9. The second kappa shape index (κ2) is 17.7. The molecule has 2 amide bonds. The van der Waals surface area contributed by atoms with Crippen molar-refractivity contribution >= 4 is 56.7 Å². The van der Waals surface area contributed by atoms with Gasteiger partial charge in [0, 0.05) is 38.2 Å². The summed E-state index contributed by atoms with van der Waals surface area (Å²) in [6.45, 7) is -1.83. The summed E-state index contributed by atoms with van der Waals surface area (Å²) in [6, 6.07) is 8.03. The van der Waals surface area contributed by atoms with Crippen LogP contribution in [0, 0.1) is 11.1 Å². The molecular formula is C36H41Cl2F2N5O9S. The molecule has 55 heavy (non-hydrogen) atoms. The number of likely N-dealkylation sites (N-methyl/N-ethyl adjacent to an activating group) is 2. The number of hydrogen-bond acceptors (Lipinski definition) is 11. The molecule has 0 spiro atoms. The van der Waals surface area contributed by atoms with Gasteiger partial charge in [0.1, 0.15) is 22.7 Å². The summed E-state index contributed by atoms with van der Waals surface area (Å²) in [5.41, 5.74) is 0.502. The summed E-state index contributed by atoms with van der Waals surface area (Å²) in [6.07, 6.45) is 3.52. The number of esters is 1. The molecular weight excluding hydrogens is 787 g/mol. The molecule has 2 heterocycles. The van der Waals surface area contributed by atoms with Crippen LogP contribution in [0.2, 0.25) is 10.0 Å². The number of amides is 2. The Kier molecular flexibility index (Phi) is 13.4. The highest BCUT2D eigenvalue weighted by atomic mass is 35.5. The van der Waals surface area contributed by atoms with E-state index in [9.17, 15) is 36.8 Å². The summed E-state index contributed by atoms with van der Waals surface area (Å²) in [5.74, 6) is -2.70. The molecule has 1 atom stereocenters. The van der Waals surface area contributed by atoms with Gasteiger partial charge in [0.15, 0.2) is 23.9 Å². The van der Waals surface area contributed by atoms with E-state index in [1.54, 1.807) is 0 Å². The minimum absolute atomic E-state index is 0.0320. The predicted octanol–water partition coefficient (Wildman–Crippen LogP) is 4.40. The lowest BCUT2D eigenvalue weighted by molar-refractivity contribution is -0.605. The van der Waals surface area contributed by atoms with E-state index in [-0.39, 0.29) is 75.0 Å². The number of anilines is 1. The number of imide groups is 1. The van der Waals surface area contributed by atoms with Crippen LogP contribution in [0.25, 0.3) is 0 Å². The third-order valence-corrected chi connectivity index (χ3v) is 10.8. The molecule has 1 unspecified atom stereocenters. The van der Waals surface area contributed by atoms with Crippen molar-refractivity contribution < 1.29 is 50.5 Å². The summed E-state index contributed by atoms with van der Waals surface area (Å²) >= 11 is 12.7. The van der Waals surface area contributed by atoms with Crippen molar-refractivity contribution in [3.05, 3.63) is 86.3 Å². The molecule has 0 saturated heterocycles. The Morgan fingerprint density at radius 2 is 1.62 bits per heavy atom. The van der Waals surface area contributed by atoms with Crippen LogP contribution in [-0.4, -0.2) is 114 Å². The van der Waals surface area contributed by atoms with Crippen LogP contribution < -0.4 is 18.5 Å². The van der Waals surface area contributed by atoms with E-state index < -0.39 is 47.1 Å². The minimum Gasteiger partial charge on any atom is -0.619 e. The standard InChI is InChI=1S/C36H41Cl2F2N5O9S/c1-41(2)11-12-42(3)13-14-45(55(4,50)51)24-8-9-25-26(16-24)35(48)44(34(25)47)20-33(46)53-31(17-27-28(37)18-43(49)19-29(27)38)23-7-10-30(54-36(39)40)32(15-23)52-21-22-5-6-22/h7-10,15-16,18-19,22,31,36H,5-6,11-14,17,20-21H2,1-4H3. The smallest absolute Gasteiger partial charge is 0.387 e. The molecule has 2 aliphatic rings. The van der Waals surface area contributed by atoms with Gasteiger partial charge in [-0.2, -0.15) is 13.5 Å². The van der Waals surface area contributed by atoms with Crippen LogP contribution in [0.4, 0.5) is 14.5 Å². The van der Waals surface area contributed by atoms with Crippen molar-refractivity contribution in [2.45, 2.75) is 32.0 Å². The number of aromatic nitrogens is 1. The van der Waals surface area contributed by atoms with Crippen molar-refractivity contribution in [3.8, 4) is 11.5 Å². The quantitative estimate of drug-likeness (QED) is 0.0732. The second-order valence-corrected chi connectivity index (χ2v) is 16.4. The van der Waals surface area contributed by atoms with Crippen LogP contribution in [0.3, 0.4) is 0 Å². The minimum atomic E-state index is -3.80. The molecule has 1 saturated carbocycles. The number of pyridine rings is 1. The van der Waals surface area contributed by atoms with Crippen LogP contribution in [0.5, 0.6) is 11.5 Å². The molecule has 1 aliphatic carbocycles. The zero-order valence-corrected chi connectivity index (χ0v) is 32.9. The van der Waals surface area contributed by atoms with Gasteiger partial charge in [0.2, 0.25) is 10.0 Å². The zero-order chi connectivity index (χ0) is 40.2. The molecule has 0 N–H and O–H groups in total. The SMILES string of the molecule is CN(C)CCN(C)CCN(c1ccc2c(c1)C(=O)N(CC(=O)OC(Cc1c(Cl)c[n+]([O-])cc1Cl)c1ccc(OC(F)F)c(OCC3CC3)c1)C2=O)S(C)(=O)=O. The van der Waals surface area contributed by atoms with Gasteiger partial charge >= 0.3 is 12.6 Å². The third-order valence-electron chi connectivity index (χ3n) is 8.99. The molecule has 14 nitrogen and oxygen atoms in total. The van der Waals surface area contributed by atoms with E-state index in [4.69, 9.17) is 32.7 Å². The van der Waals surface area contributed by atoms with Crippen LogP contribution in [0.15, 0.2) is 48.8 Å². The number of halogens is 4. The summed E-state index contributed by atoms with van der Waals surface area (Å²) in [4.78, 5) is 45.3. The largest absolute Gasteiger partial charge is 0.619 e. The fourth-order valence-corrected chi connectivity index (χ4v) is 7.30. The summed E-state index contributed by atoms with van der Waals surface area (Å²) in [7, 11) is 1.92. The maximum Gasteiger partial charge on any atom is 0.387 e. The first-order valence-corrected chi connectivity index (χ1v) is 19.8. The van der Waals surface area contributed by atoms with Crippen LogP contribution in [-0.2, 0) is 26.0 Å². The Labute approximate surface area is 327 Å². The maximum absolute atomic E-state index is 13.6. The first kappa shape index (κ1) is 41.9. The summed E-state index contributed by atoms with van der Waals surface area (Å²) in [5, 5.41) is 11.8. The van der Waals surface area contributed by atoms with Crippen molar-refractivity contribution in [1.29, 1.82) is 0 Å². The number of carbonyl (C=O) groups excluding carboxylic acids is 3. The van der Waals surface area contributed by atoms with E-state index in [2.05, 4.69) is 4.74 Å². The zero-order valence-electron chi connectivity index (χ0n) is 30.5. The number of sulfonamides is 1. The van der Waals surface area contributed by atoms with Gasteiger partial charge in [0.05, 0.1) is 29.7 Å². The lowest BCUT2D eigenvalue weighted by Gasteiger charge is -2.26. The maximum atomic E-state index is 13.6.